The predicted octanol–water partition coefficient (Wildman–Crippen LogP) is 1.86. The van der Waals surface area contributed by atoms with E-state index in [1.54, 1.807) is 0 Å². The fourth-order valence-corrected chi connectivity index (χ4v) is 2.06. The lowest BCUT2D eigenvalue weighted by Crippen LogP contribution is -2.39. The first kappa shape index (κ1) is 13.3. The highest BCUT2D eigenvalue weighted by Crippen LogP contribution is 2.23. The van der Waals surface area contributed by atoms with Crippen LogP contribution in [-0.2, 0) is 4.79 Å². The van der Waals surface area contributed by atoms with Crippen LogP contribution < -0.4 is 11.1 Å². The van der Waals surface area contributed by atoms with Crippen LogP contribution in [0.25, 0.3) is 10.9 Å². The van der Waals surface area contributed by atoms with E-state index in [9.17, 15) is 4.79 Å². The number of para-hydroxylation sites is 1. The van der Waals surface area contributed by atoms with Gasteiger partial charge in [0.15, 0.2) is 0 Å². The summed E-state index contributed by atoms with van der Waals surface area (Å²) in [5.74, 6) is 0.355. The zero-order valence-corrected chi connectivity index (χ0v) is 11.3. The fraction of sp³-hybridized carbons (Fsp3) is 0.357. The number of fused-ring (bicyclic) bond motifs is 1. The van der Waals surface area contributed by atoms with E-state index >= 15 is 0 Å². The summed E-state index contributed by atoms with van der Waals surface area (Å²) in [5, 5.41) is 4.02. The summed E-state index contributed by atoms with van der Waals surface area (Å²) < 4.78 is 0. The minimum Gasteiger partial charge on any atom is -0.368 e. The molecule has 1 heterocycles. The largest absolute Gasteiger partial charge is 0.368 e. The third-order valence-corrected chi connectivity index (χ3v) is 3.13. The molecule has 5 nitrogen and oxygen atoms in total. The van der Waals surface area contributed by atoms with Crippen molar-refractivity contribution in [1.82, 2.24) is 9.97 Å². The average Bonchev–Trinajstić information content (AvgIpc) is 2.36. The number of carbonyl (C=O) groups is 1. The van der Waals surface area contributed by atoms with Crippen LogP contribution >= 0.6 is 0 Å². The first-order chi connectivity index (χ1) is 9.00. The number of aromatic nitrogens is 2. The zero-order valence-electron chi connectivity index (χ0n) is 11.3. The number of rotatable bonds is 4. The Kier molecular flexibility index (Phi) is 3.64. The molecule has 0 saturated carbocycles. The maximum Gasteiger partial charge on any atom is 0.240 e. The molecule has 0 radical (unpaired) electrons. The molecule has 0 saturated heterocycles. The summed E-state index contributed by atoms with van der Waals surface area (Å²) in [5.41, 5.74) is 7.37. The monoisotopic (exact) mass is 258 g/mol. The van der Waals surface area contributed by atoms with Crippen molar-refractivity contribution in [1.29, 1.82) is 0 Å². The molecule has 0 aliphatic rings. The summed E-state index contributed by atoms with van der Waals surface area (Å²) in [6.07, 6.45) is 1.50. The van der Waals surface area contributed by atoms with E-state index in [2.05, 4.69) is 15.3 Å². The van der Waals surface area contributed by atoms with Crippen LogP contribution in [0.2, 0.25) is 0 Å². The Labute approximate surface area is 112 Å². The number of nitrogens with one attached hydrogen (secondary N) is 1. The van der Waals surface area contributed by atoms with Gasteiger partial charge in [0.05, 0.1) is 5.52 Å². The van der Waals surface area contributed by atoms with Crippen LogP contribution in [0.5, 0.6) is 0 Å². The first-order valence-electron chi connectivity index (χ1n) is 6.27. The van der Waals surface area contributed by atoms with Gasteiger partial charge in [-0.25, -0.2) is 9.97 Å². The van der Waals surface area contributed by atoms with Gasteiger partial charge in [0.2, 0.25) is 5.91 Å². The lowest BCUT2D eigenvalue weighted by atomic mass is 10.0. The van der Waals surface area contributed by atoms with Gasteiger partial charge in [0.25, 0.3) is 0 Å². The van der Waals surface area contributed by atoms with Crippen molar-refractivity contribution in [2.24, 2.45) is 11.7 Å². The Hall–Kier alpha value is -2.17. The normalized spacial score (nSPS) is 12.6. The molecule has 1 unspecified atom stereocenters. The van der Waals surface area contributed by atoms with Gasteiger partial charge in [-0.2, -0.15) is 0 Å². The number of nitrogens with zero attached hydrogens (tertiary/aromatic N) is 2. The van der Waals surface area contributed by atoms with E-state index in [0.29, 0.717) is 5.82 Å². The number of anilines is 1. The summed E-state index contributed by atoms with van der Waals surface area (Å²) in [7, 11) is 0. The number of nitrogens with two attached hydrogens (primary N) is 1. The van der Waals surface area contributed by atoms with Gasteiger partial charge >= 0.3 is 0 Å². The van der Waals surface area contributed by atoms with Gasteiger partial charge in [-0.15, -0.1) is 0 Å². The van der Waals surface area contributed by atoms with E-state index in [1.807, 2.05) is 39.0 Å². The van der Waals surface area contributed by atoms with Crippen LogP contribution in [0.1, 0.15) is 19.4 Å². The summed E-state index contributed by atoms with van der Waals surface area (Å²) in [6, 6.07) is 5.43. The maximum absolute atomic E-state index is 11.5. The van der Waals surface area contributed by atoms with Crippen molar-refractivity contribution >= 4 is 22.6 Å². The van der Waals surface area contributed by atoms with Gasteiger partial charge in [-0.05, 0) is 24.5 Å². The molecule has 100 valence electrons. The highest BCUT2D eigenvalue weighted by Gasteiger charge is 2.20. The van der Waals surface area contributed by atoms with Gasteiger partial charge in [0, 0.05) is 5.39 Å². The number of amides is 1. The van der Waals surface area contributed by atoms with Gasteiger partial charge in [-0.1, -0.05) is 26.0 Å². The van der Waals surface area contributed by atoms with Crippen molar-refractivity contribution in [2.45, 2.75) is 26.8 Å². The Morgan fingerprint density at radius 3 is 2.68 bits per heavy atom. The number of hydrogen-bond donors (Lipinski definition) is 2. The van der Waals surface area contributed by atoms with Crippen LogP contribution in [0.3, 0.4) is 0 Å². The van der Waals surface area contributed by atoms with Crippen LogP contribution in [0, 0.1) is 12.8 Å². The SMILES string of the molecule is Cc1cccc2c(NC(C(N)=O)C(C)C)ncnc12. The average molecular weight is 258 g/mol. The van der Waals surface area contributed by atoms with Gasteiger partial charge < -0.3 is 11.1 Å². The maximum atomic E-state index is 11.5. The lowest BCUT2D eigenvalue weighted by molar-refractivity contribution is -0.119. The molecule has 0 bridgehead atoms. The van der Waals surface area contributed by atoms with E-state index in [4.69, 9.17) is 5.73 Å². The zero-order chi connectivity index (χ0) is 14.0. The van der Waals surface area contributed by atoms with E-state index in [0.717, 1.165) is 16.5 Å². The molecule has 1 atom stereocenters. The number of primary amides is 1. The molecule has 0 fully saturated rings. The molecule has 2 rings (SSSR count). The molecule has 3 N–H and O–H groups in total. The van der Waals surface area contributed by atoms with Crippen LogP contribution in [-0.4, -0.2) is 21.9 Å². The van der Waals surface area contributed by atoms with Gasteiger partial charge in [-0.3, -0.25) is 4.79 Å². The standard InChI is InChI=1S/C14H18N4O/c1-8(2)11(13(15)19)18-14-10-6-4-5-9(3)12(10)16-7-17-14/h4-8,11H,1-3H3,(H2,15,19)(H,16,17,18). The Bertz CT molecular complexity index is 609. The number of carbonyl (C=O) groups excluding carboxylic acids is 1. The summed E-state index contributed by atoms with van der Waals surface area (Å²) in [6.45, 7) is 5.88. The fourth-order valence-electron chi connectivity index (χ4n) is 2.06. The molecule has 1 aromatic heterocycles. The molecule has 19 heavy (non-hydrogen) atoms. The minimum absolute atomic E-state index is 0.0901. The molecule has 0 aliphatic carbocycles. The van der Waals surface area contributed by atoms with Crippen molar-refractivity contribution in [3.8, 4) is 0 Å². The molecule has 0 aliphatic heterocycles. The van der Waals surface area contributed by atoms with Crippen molar-refractivity contribution in [2.75, 3.05) is 5.32 Å². The first-order valence-corrected chi connectivity index (χ1v) is 6.27. The Balaban J connectivity index is 2.46. The number of aryl methyl sites for hydroxylation is 1. The van der Waals surface area contributed by atoms with E-state index in [1.165, 1.54) is 6.33 Å². The summed E-state index contributed by atoms with van der Waals surface area (Å²) >= 11 is 0. The lowest BCUT2D eigenvalue weighted by Gasteiger charge is -2.20. The highest BCUT2D eigenvalue weighted by atomic mass is 16.1. The molecule has 5 heteroatoms. The topological polar surface area (TPSA) is 80.9 Å². The van der Waals surface area contributed by atoms with Crippen LogP contribution in [0.15, 0.2) is 24.5 Å². The summed E-state index contributed by atoms with van der Waals surface area (Å²) in [4.78, 5) is 20.0. The second-order valence-corrected chi connectivity index (χ2v) is 4.96. The van der Waals surface area contributed by atoms with E-state index < -0.39 is 6.04 Å². The molecule has 2 aromatic rings. The molecular weight excluding hydrogens is 240 g/mol. The van der Waals surface area contributed by atoms with Crippen molar-refractivity contribution in [3.63, 3.8) is 0 Å². The third kappa shape index (κ3) is 2.65. The van der Waals surface area contributed by atoms with Gasteiger partial charge in [0.1, 0.15) is 18.2 Å². The second-order valence-electron chi connectivity index (χ2n) is 4.96. The smallest absolute Gasteiger partial charge is 0.240 e. The molecule has 0 spiro atoms. The highest BCUT2D eigenvalue weighted by molar-refractivity contribution is 5.93. The number of benzene rings is 1. The second kappa shape index (κ2) is 5.22. The third-order valence-electron chi connectivity index (χ3n) is 3.13. The Morgan fingerprint density at radius 1 is 1.32 bits per heavy atom. The number of hydrogen-bond acceptors (Lipinski definition) is 4. The van der Waals surface area contributed by atoms with E-state index in [-0.39, 0.29) is 11.8 Å². The molecular formula is C14H18N4O. The van der Waals surface area contributed by atoms with Crippen molar-refractivity contribution in [3.05, 3.63) is 30.1 Å². The Morgan fingerprint density at radius 2 is 2.05 bits per heavy atom. The minimum atomic E-state index is -0.446. The predicted molar refractivity (Wildman–Crippen MR) is 75.7 cm³/mol. The van der Waals surface area contributed by atoms with Crippen molar-refractivity contribution < 1.29 is 4.79 Å². The molecule has 1 aromatic carbocycles. The van der Waals surface area contributed by atoms with Crippen LogP contribution in [0.4, 0.5) is 5.82 Å². The molecule has 1 amide bonds. The quantitative estimate of drug-likeness (QED) is 0.877.